The lowest BCUT2D eigenvalue weighted by atomic mass is 10.2. The Labute approximate surface area is 125 Å². The number of anilines is 1. The van der Waals surface area contributed by atoms with Crippen LogP contribution in [0.3, 0.4) is 0 Å². The number of rotatable bonds is 9. The highest BCUT2D eigenvalue weighted by atomic mass is 16.5. The number of benzene rings is 1. The summed E-state index contributed by atoms with van der Waals surface area (Å²) in [6.07, 6.45) is 1.51. The van der Waals surface area contributed by atoms with Gasteiger partial charge in [0.15, 0.2) is 0 Å². The van der Waals surface area contributed by atoms with E-state index in [1.165, 1.54) is 0 Å². The third-order valence-electron chi connectivity index (χ3n) is 2.75. The lowest BCUT2D eigenvalue weighted by Gasteiger charge is -2.10. The highest BCUT2D eigenvalue weighted by molar-refractivity contribution is 5.90. The Morgan fingerprint density at radius 2 is 1.95 bits per heavy atom. The molecule has 5 nitrogen and oxygen atoms in total. The Morgan fingerprint density at radius 1 is 1.24 bits per heavy atom. The summed E-state index contributed by atoms with van der Waals surface area (Å²) >= 11 is 0. The smallest absolute Gasteiger partial charge is 0.303 e. The van der Waals surface area contributed by atoms with Crippen molar-refractivity contribution in [1.82, 2.24) is 0 Å². The molecule has 0 unspecified atom stereocenters. The van der Waals surface area contributed by atoms with E-state index in [9.17, 15) is 9.59 Å². The summed E-state index contributed by atoms with van der Waals surface area (Å²) in [6, 6.07) is 7.27. The quantitative estimate of drug-likeness (QED) is 0.685. The van der Waals surface area contributed by atoms with Gasteiger partial charge in [-0.25, -0.2) is 0 Å². The number of carboxylic acid groups (broad SMARTS) is 1. The highest BCUT2D eigenvalue weighted by Crippen LogP contribution is 2.18. The average Bonchev–Trinajstić information content (AvgIpc) is 2.41. The molecule has 0 bridgehead atoms. The normalized spacial score (nSPS) is 10.4. The molecule has 1 aromatic rings. The highest BCUT2D eigenvalue weighted by Gasteiger charge is 2.05. The number of carbonyl (C=O) groups excluding carboxylic acids is 1. The van der Waals surface area contributed by atoms with Crippen LogP contribution >= 0.6 is 0 Å². The summed E-state index contributed by atoms with van der Waals surface area (Å²) in [5, 5.41) is 11.3. The predicted octanol–water partition coefficient (Wildman–Crippen LogP) is 3.30. The van der Waals surface area contributed by atoms with Crippen LogP contribution in [0.1, 0.15) is 39.5 Å². The van der Waals surface area contributed by atoms with Gasteiger partial charge in [0.1, 0.15) is 5.75 Å². The topological polar surface area (TPSA) is 75.6 Å². The second kappa shape index (κ2) is 9.00. The summed E-state index contributed by atoms with van der Waals surface area (Å²) in [4.78, 5) is 22.1. The second-order valence-corrected chi connectivity index (χ2v) is 5.38. The van der Waals surface area contributed by atoms with Crippen LogP contribution in [0.15, 0.2) is 24.3 Å². The van der Waals surface area contributed by atoms with Gasteiger partial charge in [0.2, 0.25) is 5.91 Å². The molecule has 0 aliphatic rings. The molecule has 0 heterocycles. The minimum atomic E-state index is -0.828. The molecule has 1 amide bonds. The standard InChI is InChI=1S/C16H23NO4/c1-12(2)11-21-14-7-5-6-13(10-14)17-15(18)8-3-4-9-16(19)20/h5-7,10,12H,3-4,8-9,11H2,1-2H3,(H,17,18)(H,19,20). The van der Waals surface area contributed by atoms with Crippen LogP contribution in [-0.2, 0) is 9.59 Å². The fourth-order valence-corrected chi connectivity index (χ4v) is 1.71. The molecule has 116 valence electrons. The maximum absolute atomic E-state index is 11.7. The largest absolute Gasteiger partial charge is 0.493 e. The van der Waals surface area contributed by atoms with Gasteiger partial charge in [0.25, 0.3) is 0 Å². The molecule has 0 radical (unpaired) electrons. The number of amides is 1. The van der Waals surface area contributed by atoms with E-state index in [1.807, 2.05) is 12.1 Å². The van der Waals surface area contributed by atoms with E-state index < -0.39 is 5.97 Å². The minimum Gasteiger partial charge on any atom is -0.493 e. The van der Waals surface area contributed by atoms with E-state index in [0.717, 1.165) is 5.75 Å². The van der Waals surface area contributed by atoms with Crippen molar-refractivity contribution in [3.63, 3.8) is 0 Å². The van der Waals surface area contributed by atoms with Gasteiger partial charge in [-0.3, -0.25) is 9.59 Å². The third-order valence-corrected chi connectivity index (χ3v) is 2.75. The van der Waals surface area contributed by atoms with E-state index >= 15 is 0 Å². The minimum absolute atomic E-state index is 0.103. The number of hydrogen-bond acceptors (Lipinski definition) is 3. The van der Waals surface area contributed by atoms with Crippen molar-refractivity contribution in [2.24, 2.45) is 5.92 Å². The van der Waals surface area contributed by atoms with Crippen molar-refractivity contribution in [2.45, 2.75) is 39.5 Å². The molecule has 0 saturated heterocycles. The Hall–Kier alpha value is -2.04. The first-order valence-electron chi connectivity index (χ1n) is 7.22. The second-order valence-electron chi connectivity index (χ2n) is 5.38. The fourth-order valence-electron chi connectivity index (χ4n) is 1.71. The maximum Gasteiger partial charge on any atom is 0.303 e. The molecule has 0 spiro atoms. The Balaban J connectivity index is 2.38. The number of nitrogens with one attached hydrogen (secondary N) is 1. The Kier molecular flexibility index (Phi) is 7.29. The van der Waals surface area contributed by atoms with Crippen molar-refractivity contribution < 1.29 is 19.4 Å². The first kappa shape index (κ1) is 17.0. The zero-order valence-corrected chi connectivity index (χ0v) is 12.6. The van der Waals surface area contributed by atoms with Crippen molar-refractivity contribution >= 4 is 17.6 Å². The van der Waals surface area contributed by atoms with Crippen LogP contribution < -0.4 is 10.1 Å². The van der Waals surface area contributed by atoms with E-state index in [2.05, 4.69) is 19.2 Å². The van der Waals surface area contributed by atoms with Crippen LogP contribution in [0.25, 0.3) is 0 Å². The number of carbonyl (C=O) groups is 2. The summed E-state index contributed by atoms with van der Waals surface area (Å²) in [6.45, 7) is 4.78. The summed E-state index contributed by atoms with van der Waals surface area (Å²) in [5.41, 5.74) is 0.694. The van der Waals surface area contributed by atoms with Crippen molar-refractivity contribution in [3.8, 4) is 5.75 Å². The SMILES string of the molecule is CC(C)COc1cccc(NC(=O)CCCCC(=O)O)c1. The summed E-state index contributed by atoms with van der Waals surface area (Å²) in [5.74, 6) is 0.233. The molecule has 2 N–H and O–H groups in total. The molecule has 5 heteroatoms. The lowest BCUT2D eigenvalue weighted by molar-refractivity contribution is -0.137. The van der Waals surface area contributed by atoms with Crippen LogP contribution in [0.5, 0.6) is 5.75 Å². The fraction of sp³-hybridized carbons (Fsp3) is 0.500. The van der Waals surface area contributed by atoms with E-state index in [-0.39, 0.29) is 12.3 Å². The van der Waals surface area contributed by atoms with Gasteiger partial charge in [-0.2, -0.15) is 0 Å². The number of ether oxygens (including phenoxy) is 1. The zero-order chi connectivity index (χ0) is 15.7. The van der Waals surface area contributed by atoms with Gasteiger partial charge < -0.3 is 15.2 Å². The molecule has 0 atom stereocenters. The Morgan fingerprint density at radius 3 is 2.62 bits per heavy atom. The summed E-state index contributed by atoms with van der Waals surface area (Å²) in [7, 11) is 0. The average molecular weight is 293 g/mol. The first-order valence-corrected chi connectivity index (χ1v) is 7.22. The molecule has 0 fully saturated rings. The number of aliphatic carboxylic acids is 1. The molecule has 1 rings (SSSR count). The zero-order valence-electron chi connectivity index (χ0n) is 12.6. The van der Waals surface area contributed by atoms with E-state index in [0.29, 0.717) is 37.5 Å². The molecule has 0 aromatic heterocycles. The van der Waals surface area contributed by atoms with Gasteiger partial charge in [-0.05, 0) is 30.9 Å². The number of hydrogen-bond donors (Lipinski definition) is 2. The van der Waals surface area contributed by atoms with Crippen LogP contribution in [0, 0.1) is 5.92 Å². The van der Waals surface area contributed by atoms with Gasteiger partial charge >= 0.3 is 5.97 Å². The van der Waals surface area contributed by atoms with Gasteiger partial charge in [0.05, 0.1) is 6.61 Å². The van der Waals surface area contributed by atoms with Gasteiger partial charge in [-0.1, -0.05) is 19.9 Å². The first-order chi connectivity index (χ1) is 9.97. The molecular formula is C16H23NO4. The van der Waals surface area contributed by atoms with Gasteiger partial charge in [0, 0.05) is 24.6 Å². The van der Waals surface area contributed by atoms with Crippen LogP contribution in [0.4, 0.5) is 5.69 Å². The maximum atomic E-state index is 11.7. The molecule has 0 aliphatic carbocycles. The van der Waals surface area contributed by atoms with Crippen LogP contribution in [0.2, 0.25) is 0 Å². The third kappa shape index (κ3) is 7.97. The molecule has 1 aromatic carbocycles. The monoisotopic (exact) mass is 293 g/mol. The molecular weight excluding hydrogens is 270 g/mol. The molecule has 0 saturated carbocycles. The van der Waals surface area contributed by atoms with Crippen molar-refractivity contribution in [3.05, 3.63) is 24.3 Å². The van der Waals surface area contributed by atoms with Gasteiger partial charge in [-0.15, -0.1) is 0 Å². The lowest BCUT2D eigenvalue weighted by Crippen LogP contribution is -2.11. The van der Waals surface area contributed by atoms with E-state index in [1.54, 1.807) is 12.1 Å². The van der Waals surface area contributed by atoms with Crippen LogP contribution in [-0.4, -0.2) is 23.6 Å². The number of carboxylic acids is 1. The molecule has 21 heavy (non-hydrogen) atoms. The number of unbranched alkanes of at least 4 members (excludes halogenated alkanes) is 1. The van der Waals surface area contributed by atoms with Crippen molar-refractivity contribution in [2.75, 3.05) is 11.9 Å². The molecule has 0 aliphatic heterocycles. The van der Waals surface area contributed by atoms with Crippen molar-refractivity contribution in [1.29, 1.82) is 0 Å². The Bertz CT molecular complexity index is 471. The predicted molar refractivity (Wildman–Crippen MR) is 81.5 cm³/mol. The van der Waals surface area contributed by atoms with E-state index in [4.69, 9.17) is 9.84 Å². The summed E-state index contributed by atoms with van der Waals surface area (Å²) < 4.78 is 5.60.